The van der Waals surface area contributed by atoms with Crippen molar-refractivity contribution < 1.29 is 19.1 Å². The second-order valence-electron chi connectivity index (χ2n) is 11.8. The summed E-state index contributed by atoms with van der Waals surface area (Å²) < 4.78 is 13.7. The van der Waals surface area contributed by atoms with Gasteiger partial charge in [-0.3, -0.25) is 9.59 Å². The SMILES string of the molecule is CCCCC(Oc1ccc(C(=O)c2cn(CCCC(=O)OCC)c3ccccc23)cc1)c1ccc(C2CCCCC2)cc1. The molecule has 1 atom stereocenters. The molecule has 0 N–H and O–H groups in total. The number of ether oxygens (including phenoxy) is 2. The van der Waals surface area contributed by atoms with Crippen LogP contribution in [0.3, 0.4) is 0 Å². The lowest BCUT2D eigenvalue weighted by molar-refractivity contribution is -0.143. The zero-order valence-corrected chi connectivity index (χ0v) is 25.7. The molecule has 0 amide bonds. The molecule has 5 heteroatoms. The molecule has 43 heavy (non-hydrogen) atoms. The number of rotatable bonds is 14. The van der Waals surface area contributed by atoms with Gasteiger partial charge in [0, 0.05) is 41.2 Å². The molecule has 0 saturated heterocycles. The maximum Gasteiger partial charge on any atom is 0.305 e. The van der Waals surface area contributed by atoms with Gasteiger partial charge in [0.1, 0.15) is 11.9 Å². The number of unbranched alkanes of at least 4 members (excludes halogenated alkanes) is 1. The van der Waals surface area contributed by atoms with Crippen molar-refractivity contribution in [2.75, 3.05) is 6.61 Å². The van der Waals surface area contributed by atoms with Gasteiger partial charge in [-0.2, -0.15) is 0 Å². The van der Waals surface area contributed by atoms with Crippen LogP contribution < -0.4 is 4.74 Å². The van der Waals surface area contributed by atoms with Crippen molar-refractivity contribution in [2.24, 2.45) is 0 Å². The Labute approximate surface area is 256 Å². The first kappa shape index (κ1) is 30.6. The normalized spacial score (nSPS) is 14.5. The zero-order chi connectivity index (χ0) is 30.0. The van der Waals surface area contributed by atoms with Crippen molar-refractivity contribution in [3.05, 3.63) is 101 Å². The van der Waals surface area contributed by atoms with E-state index >= 15 is 0 Å². The molecule has 5 rings (SSSR count). The minimum Gasteiger partial charge on any atom is -0.486 e. The third-order valence-electron chi connectivity index (χ3n) is 8.72. The summed E-state index contributed by atoms with van der Waals surface area (Å²) in [4.78, 5) is 25.5. The summed E-state index contributed by atoms with van der Waals surface area (Å²) in [6.07, 6.45) is 12.7. The molecule has 1 aromatic heterocycles. The van der Waals surface area contributed by atoms with Crippen LogP contribution in [-0.2, 0) is 16.1 Å². The number of esters is 1. The number of aryl methyl sites for hydroxylation is 1. The van der Waals surface area contributed by atoms with Gasteiger partial charge in [-0.15, -0.1) is 0 Å². The first-order valence-corrected chi connectivity index (χ1v) is 16.2. The lowest BCUT2D eigenvalue weighted by atomic mass is 9.83. The Morgan fingerprint density at radius 1 is 0.884 bits per heavy atom. The number of aromatic nitrogens is 1. The highest BCUT2D eigenvalue weighted by Crippen LogP contribution is 2.34. The van der Waals surface area contributed by atoms with E-state index in [-0.39, 0.29) is 17.9 Å². The fourth-order valence-electron chi connectivity index (χ4n) is 6.35. The van der Waals surface area contributed by atoms with Crippen LogP contribution in [0.1, 0.15) is 117 Å². The number of hydrogen-bond acceptors (Lipinski definition) is 4. The van der Waals surface area contributed by atoms with Crippen molar-refractivity contribution in [1.29, 1.82) is 0 Å². The Hall–Kier alpha value is -3.86. The van der Waals surface area contributed by atoms with E-state index < -0.39 is 0 Å². The molecule has 1 aliphatic carbocycles. The molecule has 0 aliphatic heterocycles. The van der Waals surface area contributed by atoms with Crippen molar-refractivity contribution in [1.82, 2.24) is 4.57 Å². The maximum absolute atomic E-state index is 13.7. The number of nitrogens with zero attached hydrogens (tertiary/aromatic N) is 1. The van der Waals surface area contributed by atoms with Gasteiger partial charge in [0.2, 0.25) is 0 Å². The van der Waals surface area contributed by atoms with E-state index in [1.165, 1.54) is 43.2 Å². The average molecular weight is 580 g/mol. The number of benzene rings is 3. The molecule has 5 nitrogen and oxygen atoms in total. The van der Waals surface area contributed by atoms with Gasteiger partial charge in [-0.25, -0.2) is 0 Å². The van der Waals surface area contributed by atoms with Crippen LogP contribution in [0.5, 0.6) is 5.75 Å². The number of hydrogen-bond donors (Lipinski definition) is 0. The summed E-state index contributed by atoms with van der Waals surface area (Å²) >= 11 is 0. The van der Waals surface area contributed by atoms with Gasteiger partial charge in [-0.1, -0.05) is 75.1 Å². The van der Waals surface area contributed by atoms with Crippen LogP contribution in [0.15, 0.2) is 79.0 Å². The molecule has 1 heterocycles. The third kappa shape index (κ3) is 7.76. The van der Waals surface area contributed by atoms with E-state index in [0.717, 1.165) is 35.9 Å². The summed E-state index contributed by atoms with van der Waals surface area (Å²) in [7, 11) is 0. The molecular formula is C38H45NO4. The molecule has 1 saturated carbocycles. The summed E-state index contributed by atoms with van der Waals surface area (Å²) in [6.45, 7) is 5.05. The van der Waals surface area contributed by atoms with Crippen LogP contribution in [0.25, 0.3) is 10.9 Å². The lowest BCUT2D eigenvalue weighted by Crippen LogP contribution is -2.09. The summed E-state index contributed by atoms with van der Waals surface area (Å²) in [5.74, 6) is 1.26. The molecule has 1 aliphatic rings. The smallest absolute Gasteiger partial charge is 0.305 e. The van der Waals surface area contributed by atoms with E-state index in [1.54, 1.807) is 0 Å². The van der Waals surface area contributed by atoms with Crippen molar-refractivity contribution >= 4 is 22.7 Å². The molecule has 3 aromatic carbocycles. The van der Waals surface area contributed by atoms with E-state index in [1.807, 2.05) is 61.7 Å². The minimum atomic E-state index is -0.189. The second-order valence-corrected chi connectivity index (χ2v) is 11.8. The molecule has 226 valence electrons. The van der Waals surface area contributed by atoms with Gasteiger partial charge in [-0.05, 0) is 86.4 Å². The van der Waals surface area contributed by atoms with Gasteiger partial charge < -0.3 is 14.0 Å². The maximum atomic E-state index is 13.7. The molecule has 1 unspecified atom stereocenters. The predicted molar refractivity (Wildman–Crippen MR) is 173 cm³/mol. The zero-order valence-electron chi connectivity index (χ0n) is 25.7. The van der Waals surface area contributed by atoms with Gasteiger partial charge in [0.05, 0.1) is 6.61 Å². The topological polar surface area (TPSA) is 57.5 Å². The highest BCUT2D eigenvalue weighted by atomic mass is 16.5. The first-order chi connectivity index (χ1) is 21.1. The standard InChI is InChI=1S/C38H45NO4/c1-3-5-16-36(30-20-18-29(19-21-30)28-12-7-6-8-13-28)43-32-24-22-31(23-25-32)38(41)34-27-39(26-11-17-37(40)42-4-2)35-15-10-9-14-33(34)35/h9-10,14-15,18-25,27-28,36H,3-8,11-13,16-17,26H2,1-2H3. The minimum absolute atomic E-state index is 0.0190. The highest BCUT2D eigenvalue weighted by Gasteiger charge is 2.20. The number of carbonyl (C=O) groups excluding carboxylic acids is 2. The quantitative estimate of drug-likeness (QED) is 0.110. The van der Waals surface area contributed by atoms with Crippen LogP contribution in [0, 0.1) is 0 Å². The van der Waals surface area contributed by atoms with Gasteiger partial charge in [0.15, 0.2) is 5.78 Å². The molecule has 0 bridgehead atoms. The Morgan fingerprint density at radius 2 is 1.63 bits per heavy atom. The van der Waals surface area contributed by atoms with Crippen LogP contribution in [-0.4, -0.2) is 22.9 Å². The van der Waals surface area contributed by atoms with E-state index in [9.17, 15) is 9.59 Å². The lowest BCUT2D eigenvalue weighted by Gasteiger charge is -2.23. The molecular weight excluding hydrogens is 534 g/mol. The van der Waals surface area contributed by atoms with Crippen LogP contribution >= 0.6 is 0 Å². The number of para-hydroxylation sites is 1. The second kappa shape index (κ2) is 15.0. The number of fused-ring (bicyclic) bond motifs is 1. The Bertz CT molecular complexity index is 1480. The van der Waals surface area contributed by atoms with Crippen LogP contribution in [0.2, 0.25) is 0 Å². The number of carbonyl (C=O) groups is 2. The average Bonchev–Trinajstić information content (AvgIpc) is 3.42. The highest BCUT2D eigenvalue weighted by molar-refractivity contribution is 6.16. The van der Waals surface area contributed by atoms with Crippen molar-refractivity contribution in [3.63, 3.8) is 0 Å². The summed E-state index contributed by atoms with van der Waals surface area (Å²) in [6, 6.07) is 24.6. The Kier molecular flexibility index (Phi) is 10.7. The van der Waals surface area contributed by atoms with E-state index in [4.69, 9.17) is 9.47 Å². The van der Waals surface area contributed by atoms with Crippen LogP contribution in [0.4, 0.5) is 0 Å². The van der Waals surface area contributed by atoms with E-state index in [0.29, 0.717) is 43.0 Å². The molecule has 4 aromatic rings. The Balaban J connectivity index is 1.28. The predicted octanol–water partition coefficient (Wildman–Crippen LogP) is 9.57. The molecule has 0 radical (unpaired) electrons. The summed E-state index contributed by atoms with van der Waals surface area (Å²) in [5, 5.41) is 0.917. The summed E-state index contributed by atoms with van der Waals surface area (Å²) in [5.41, 5.74) is 4.95. The third-order valence-corrected chi connectivity index (χ3v) is 8.72. The fraction of sp³-hybridized carbons (Fsp3) is 0.421. The van der Waals surface area contributed by atoms with E-state index in [2.05, 4.69) is 35.8 Å². The fourth-order valence-corrected chi connectivity index (χ4v) is 6.35. The van der Waals surface area contributed by atoms with Gasteiger partial charge in [0.25, 0.3) is 0 Å². The first-order valence-electron chi connectivity index (χ1n) is 16.2. The largest absolute Gasteiger partial charge is 0.486 e. The van der Waals surface area contributed by atoms with Crippen molar-refractivity contribution in [2.45, 2.75) is 96.6 Å². The monoisotopic (exact) mass is 579 g/mol. The Morgan fingerprint density at radius 3 is 2.35 bits per heavy atom. The van der Waals surface area contributed by atoms with Crippen molar-refractivity contribution in [3.8, 4) is 5.75 Å². The molecule has 1 fully saturated rings. The molecule has 0 spiro atoms. The van der Waals surface area contributed by atoms with Gasteiger partial charge >= 0.3 is 5.97 Å². The number of ketones is 1.